The normalized spacial score (nSPS) is 26.1. The van der Waals surface area contributed by atoms with Gasteiger partial charge in [-0.2, -0.15) is 0 Å². The summed E-state index contributed by atoms with van der Waals surface area (Å²) in [6.07, 6.45) is 6.83. The highest BCUT2D eigenvalue weighted by molar-refractivity contribution is 5.30. The highest BCUT2D eigenvalue weighted by Gasteiger charge is 2.42. The number of ether oxygens (including phenoxy) is 1. The van der Waals surface area contributed by atoms with E-state index >= 15 is 0 Å². The summed E-state index contributed by atoms with van der Waals surface area (Å²) >= 11 is 0. The average Bonchev–Trinajstić information content (AvgIpc) is 2.91. The Kier molecular flexibility index (Phi) is 4.29. The van der Waals surface area contributed by atoms with Gasteiger partial charge in [0.1, 0.15) is 5.82 Å². The summed E-state index contributed by atoms with van der Waals surface area (Å²) in [5.41, 5.74) is 5.07. The maximum atomic E-state index is 13.6. The number of rotatable bonds is 3. The maximum Gasteiger partial charge on any atom is 0.123 e. The topological polar surface area (TPSA) is 47.3 Å². The largest absolute Gasteiger partial charge is 0.375 e. The van der Waals surface area contributed by atoms with E-state index in [-0.39, 0.29) is 17.5 Å². The van der Waals surface area contributed by atoms with Gasteiger partial charge in [-0.25, -0.2) is 4.39 Å². The van der Waals surface area contributed by atoms with Crippen molar-refractivity contribution >= 4 is 0 Å². The Hall–Kier alpha value is -0.970. The second kappa shape index (κ2) is 6.03. The number of nitrogens with two attached hydrogens (primary N) is 1. The molecule has 1 spiro atoms. The summed E-state index contributed by atoms with van der Waals surface area (Å²) in [5.74, 6) is 6.04. The summed E-state index contributed by atoms with van der Waals surface area (Å²) in [5, 5.41) is 0. The van der Waals surface area contributed by atoms with Crippen LogP contribution in [0.5, 0.6) is 0 Å². The van der Waals surface area contributed by atoms with Crippen LogP contribution in [0.25, 0.3) is 0 Å². The molecule has 4 heteroatoms. The summed E-state index contributed by atoms with van der Waals surface area (Å²) in [4.78, 5) is 0. The Morgan fingerprint density at radius 3 is 2.86 bits per heavy atom. The molecule has 1 aromatic rings. The molecule has 1 heterocycles. The van der Waals surface area contributed by atoms with Crippen molar-refractivity contribution in [1.29, 1.82) is 0 Å². The molecule has 1 saturated heterocycles. The van der Waals surface area contributed by atoms with Gasteiger partial charge in [0.25, 0.3) is 0 Å². The third kappa shape index (κ3) is 2.98. The van der Waals surface area contributed by atoms with Gasteiger partial charge in [0.15, 0.2) is 0 Å². The minimum atomic E-state index is -0.196. The van der Waals surface area contributed by atoms with E-state index in [0.717, 1.165) is 43.4 Å². The number of hydrogen-bond acceptors (Lipinski definition) is 3. The molecule has 0 bridgehead atoms. The van der Waals surface area contributed by atoms with E-state index in [1.165, 1.54) is 18.9 Å². The molecule has 2 fully saturated rings. The summed E-state index contributed by atoms with van der Waals surface area (Å²) in [6.45, 7) is 2.81. The lowest BCUT2D eigenvalue weighted by atomic mass is 9.78. The summed E-state index contributed by atoms with van der Waals surface area (Å²) in [7, 11) is 0. The molecule has 1 saturated carbocycles. The van der Waals surface area contributed by atoms with Gasteiger partial charge in [0.05, 0.1) is 5.60 Å². The molecule has 0 aromatic heterocycles. The van der Waals surface area contributed by atoms with Gasteiger partial charge in [-0.05, 0) is 61.8 Å². The van der Waals surface area contributed by atoms with E-state index < -0.39 is 0 Å². The van der Waals surface area contributed by atoms with E-state index in [1.807, 2.05) is 13.0 Å². The Morgan fingerprint density at radius 2 is 2.14 bits per heavy atom. The smallest absolute Gasteiger partial charge is 0.123 e. The third-order valence-corrected chi connectivity index (χ3v) is 5.27. The fraction of sp³-hybridized carbons (Fsp3) is 0.647. The minimum absolute atomic E-state index is 0.00192. The van der Waals surface area contributed by atoms with E-state index in [0.29, 0.717) is 5.92 Å². The molecule has 21 heavy (non-hydrogen) atoms. The van der Waals surface area contributed by atoms with Crippen molar-refractivity contribution in [3.63, 3.8) is 0 Å². The molecule has 116 valence electrons. The maximum absolute atomic E-state index is 13.6. The number of hydrogen-bond donors (Lipinski definition) is 2. The Balaban J connectivity index is 1.84. The van der Waals surface area contributed by atoms with Crippen LogP contribution in [0, 0.1) is 18.7 Å². The quantitative estimate of drug-likeness (QED) is 0.663. The summed E-state index contributed by atoms with van der Waals surface area (Å²) in [6, 6.07) is 4.97. The number of halogens is 1. The Labute approximate surface area is 126 Å². The molecule has 0 radical (unpaired) electrons. The number of nitrogens with one attached hydrogen (secondary N) is 1. The molecule has 3 rings (SSSR count). The van der Waals surface area contributed by atoms with E-state index in [4.69, 9.17) is 10.6 Å². The molecule has 0 amide bonds. The highest BCUT2D eigenvalue weighted by atomic mass is 19.1. The lowest BCUT2D eigenvalue weighted by molar-refractivity contribution is -0.0982. The van der Waals surface area contributed by atoms with Crippen LogP contribution in [0.1, 0.15) is 55.7 Å². The lowest BCUT2D eigenvalue weighted by Gasteiger charge is -2.41. The fourth-order valence-corrected chi connectivity index (χ4v) is 4.14. The minimum Gasteiger partial charge on any atom is -0.375 e. The van der Waals surface area contributed by atoms with Crippen LogP contribution in [0.15, 0.2) is 18.2 Å². The molecule has 2 atom stereocenters. The van der Waals surface area contributed by atoms with Crippen molar-refractivity contribution in [1.82, 2.24) is 5.43 Å². The Bertz CT molecular complexity index is 500. The van der Waals surface area contributed by atoms with Crippen LogP contribution in [0.2, 0.25) is 0 Å². The predicted octanol–water partition coefficient (Wildman–Crippen LogP) is 3.38. The Morgan fingerprint density at radius 1 is 1.38 bits per heavy atom. The van der Waals surface area contributed by atoms with Crippen molar-refractivity contribution in [3.8, 4) is 0 Å². The van der Waals surface area contributed by atoms with Crippen LogP contribution in [0.4, 0.5) is 4.39 Å². The van der Waals surface area contributed by atoms with Crippen molar-refractivity contribution in [2.24, 2.45) is 11.8 Å². The van der Waals surface area contributed by atoms with Crippen molar-refractivity contribution in [2.75, 3.05) is 6.61 Å². The van der Waals surface area contributed by atoms with Gasteiger partial charge >= 0.3 is 0 Å². The zero-order valence-electron chi connectivity index (χ0n) is 12.7. The van der Waals surface area contributed by atoms with Crippen LogP contribution < -0.4 is 11.3 Å². The molecule has 2 aliphatic rings. The van der Waals surface area contributed by atoms with Gasteiger partial charge in [0, 0.05) is 12.6 Å². The molecule has 1 aliphatic carbocycles. The lowest BCUT2D eigenvalue weighted by Crippen LogP contribution is -2.43. The van der Waals surface area contributed by atoms with Gasteiger partial charge in [-0.3, -0.25) is 11.3 Å². The van der Waals surface area contributed by atoms with Crippen LogP contribution in [-0.4, -0.2) is 12.2 Å². The highest BCUT2D eigenvalue weighted by Crippen LogP contribution is 2.45. The zero-order valence-corrected chi connectivity index (χ0v) is 12.7. The SMILES string of the molecule is Cc1ccc(F)cc1C(NN)C1CCOC2(CCCC2)C1. The first-order chi connectivity index (χ1) is 10.1. The molecular weight excluding hydrogens is 267 g/mol. The van der Waals surface area contributed by atoms with Gasteiger partial charge in [-0.15, -0.1) is 0 Å². The molecule has 1 aromatic carbocycles. The van der Waals surface area contributed by atoms with Gasteiger partial charge < -0.3 is 4.74 Å². The van der Waals surface area contributed by atoms with Gasteiger partial charge in [0.2, 0.25) is 0 Å². The van der Waals surface area contributed by atoms with E-state index in [2.05, 4.69) is 5.43 Å². The van der Waals surface area contributed by atoms with Crippen LogP contribution in [-0.2, 0) is 4.74 Å². The molecule has 3 nitrogen and oxygen atoms in total. The number of aryl methyl sites for hydroxylation is 1. The van der Waals surface area contributed by atoms with Gasteiger partial charge in [-0.1, -0.05) is 18.9 Å². The average molecular weight is 292 g/mol. The molecule has 1 aliphatic heterocycles. The van der Waals surface area contributed by atoms with Crippen molar-refractivity contribution in [2.45, 2.75) is 57.1 Å². The third-order valence-electron chi connectivity index (χ3n) is 5.27. The first-order valence-corrected chi connectivity index (χ1v) is 8.00. The first-order valence-electron chi connectivity index (χ1n) is 8.00. The zero-order chi connectivity index (χ0) is 14.9. The monoisotopic (exact) mass is 292 g/mol. The predicted molar refractivity (Wildman–Crippen MR) is 81.1 cm³/mol. The number of benzene rings is 1. The second-order valence-corrected chi connectivity index (χ2v) is 6.64. The fourth-order valence-electron chi connectivity index (χ4n) is 4.14. The molecule has 3 N–H and O–H groups in total. The van der Waals surface area contributed by atoms with Crippen LogP contribution in [0.3, 0.4) is 0 Å². The summed E-state index contributed by atoms with van der Waals surface area (Å²) < 4.78 is 19.7. The van der Waals surface area contributed by atoms with Crippen LogP contribution >= 0.6 is 0 Å². The first kappa shape index (κ1) is 14.9. The standard InChI is InChI=1S/C17H25FN2O/c1-12-4-5-14(18)10-15(12)16(20-19)13-6-9-21-17(11-13)7-2-3-8-17/h4-5,10,13,16,20H,2-3,6-9,11,19H2,1H3. The van der Waals surface area contributed by atoms with E-state index in [1.54, 1.807) is 6.07 Å². The molecular formula is C17H25FN2O. The molecule has 2 unspecified atom stereocenters. The van der Waals surface area contributed by atoms with Crippen molar-refractivity contribution in [3.05, 3.63) is 35.1 Å². The van der Waals surface area contributed by atoms with Crippen molar-refractivity contribution < 1.29 is 9.13 Å². The van der Waals surface area contributed by atoms with E-state index in [9.17, 15) is 4.39 Å². The second-order valence-electron chi connectivity index (χ2n) is 6.64. The number of hydrazine groups is 1.